The number of carbonyl (C=O) groups is 1. The Morgan fingerprint density at radius 1 is 0.972 bits per heavy atom. The van der Waals surface area contributed by atoms with E-state index in [-0.39, 0.29) is 16.3 Å². The second-order valence-corrected chi connectivity index (χ2v) is 10.3. The van der Waals surface area contributed by atoms with E-state index in [1.165, 1.54) is 45.7 Å². The van der Waals surface area contributed by atoms with E-state index in [2.05, 4.69) is 26.5 Å². The number of benzene rings is 3. The lowest BCUT2D eigenvalue weighted by molar-refractivity contribution is -0.119. The molecule has 3 rings (SSSR count). The molecular weight excluding hydrogens is 550 g/mol. The Kier molecular flexibility index (Phi) is 8.94. The summed E-state index contributed by atoms with van der Waals surface area (Å²) in [7, 11) is 0.280. The van der Waals surface area contributed by atoms with Gasteiger partial charge >= 0.3 is 0 Å². The van der Waals surface area contributed by atoms with E-state index in [1.807, 2.05) is 13.0 Å². The molecule has 0 aliphatic heterocycles. The van der Waals surface area contributed by atoms with Crippen LogP contribution in [-0.2, 0) is 14.8 Å². The van der Waals surface area contributed by atoms with Gasteiger partial charge in [-0.05, 0) is 49.4 Å². The summed E-state index contributed by atoms with van der Waals surface area (Å²) in [4.78, 5) is 12.9. The molecule has 0 bridgehead atoms. The minimum Gasteiger partial charge on any atom is -0.497 e. The van der Waals surface area contributed by atoms with E-state index in [4.69, 9.17) is 14.2 Å². The summed E-state index contributed by atoms with van der Waals surface area (Å²) in [6, 6.07) is 16.3. The van der Waals surface area contributed by atoms with Crippen molar-refractivity contribution < 1.29 is 27.4 Å². The molecule has 0 aromatic heterocycles. The van der Waals surface area contributed by atoms with Crippen molar-refractivity contribution in [3.63, 3.8) is 0 Å². The molecule has 0 aliphatic carbocycles. The van der Waals surface area contributed by atoms with Crippen LogP contribution in [0.2, 0.25) is 0 Å². The molecule has 0 spiro atoms. The van der Waals surface area contributed by atoms with Gasteiger partial charge in [0.25, 0.3) is 15.9 Å². The Morgan fingerprint density at radius 2 is 1.67 bits per heavy atom. The molecule has 0 atom stereocenters. The molecule has 0 saturated heterocycles. The largest absolute Gasteiger partial charge is 0.497 e. The van der Waals surface area contributed by atoms with Crippen LogP contribution in [0.3, 0.4) is 0 Å². The molecule has 3 aromatic carbocycles. The third-order valence-electron chi connectivity index (χ3n) is 5.14. The first kappa shape index (κ1) is 27.0. The summed E-state index contributed by atoms with van der Waals surface area (Å²) in [5, 5.41) is 3.98. The molecule has 0 radical (unpaired) electrons. The molecule has 1 N–H and O–H groups in total. The summed E-state index contributed by atoms with van der Waals surface area (Å²) in [6.45, 7) is 1.30. The average molecular weight is 576 g/mol. The lowest BCUT2D eigenvalue weighted by Crippen LogP contribution is -2.39. The van der Waals surface area contributed by atoms with Crippen LogP contribution in [0.1, 0.15) is 11.1 Å². The van der Waals surface area contributed by atoms with E-state index in [1.54, 1.807) is 36.4 Å². The Balaban J connectivity index is 1.94. The molecule has 36 heavy (non-hydrogen) atoms. The number of ether oxygens (including phenoxy) is 3. The third-order valence-corrected chi connectivity index (χ3v) is 7.40. The zero-order chi connectivity index (χ0) is 26.3. The Labute approximate surface area is 218 Å². The Hall–Kier alpha value is -3.57. The molecular formula is C25H26BrN3O6S. The van der Waals surface area contributed by atoms with Crippen LogP contribution in [-0.4, -0.2) is 48.4 Å². The van der Waals surface area contributed by atoms with Gasteiger partial charge in [0.15, 0.2) is 0 Å². The van der Waals surface area contributed by atoms with E-state index in [9.17, 15) is 13.2 Å². The van der Waals surface area contributed by atoms with Crippen LogP contribution in [0.5, 0.6) is 17.2 Å². The highest BCUT2D eigenvalue weighted by molar-refractivity contribution is 9.10. The van der Waals surface area contributed by atoms with Crippen molar-refractivity contribution >= 4 is 43.8 Å². The number of carbonyl (C=O) groups excluding carboxylic acids is 1. The number of sulfonamides is 1. The second kappa shape index (κ2) is 11.9. The van der Waals surface area contributed by atoms with Gasteiger partial charge in [-0.15, -0.1) is 0 Å². The topological polar surface area (TPSA) is 107 Å². The molecule has 1 amide bonds. The normalized spacial score (nSPS) is 11.2. The number of rotatable bonds is 10. The number of aryl methyl sites for hydroxylation is 1. The highest BCUT2D eigenvalue weighted by Gasteiger charge is 2.29. The fourth-order valence-electron chi connectivity index (χ4n) is 3.27. The maximum atomic E-state index is 13.6. The van der Waals surface area contributed by atoms with E-state index >= 15 is 0 Å². The Bertz CT molecular complexity index is 1360. The quantitative estimate of drug-likeness (QED) is 0.288. The first-order chi connectivity index (χ1) is 17.2. The Morgan fingerprint density at radius 3 is 2.31 bits per heavy atom. The summed E-state index contributed by atoms with van der Waals surface area (Å²) in [5.41, 5.74) is 4.07. The number of nitrogens with one attached hydrogen (secondary N) is 1. The standard InChI is InChI=1S/C25H26BrN3O6S/c1-17-5-9-21(10-6-17)36(31,32)29(22-11-8-20(33-2)14-24(22)35-4)16-25(30)28-27-15-18-13-19(26)7-12-23(18)34-3/h5-15H,16H2,1-4H3,(H,28,30)/b27-15-. The first-order valence-electron chi connectivity index (χ1n) is 10.7. The van der Waals surface area contributed by atoms with Crippen molar-refractivity contribution in [2.75, 3.05) is 32.2 Å². The first-order valence-corrected chi connectivity index (χ1v) is 12.9. The number of nitrogens with zero attached hydrogens (tertiary/aromatic N) is 2. The maximum absolute atomic E-state index is 13.6. The zero-order valence-corrected chi connectivity index (χ0v) is 22.6. The van der Waals surface area contributed by atoms with Gasteiger partial charge in [-0.2, -0.15) is 5.10 Å². The average Bonchev–Trinajstić information content (AvgIpc) is 2.87. The molecule has 190 valence electrons. The number of anilines is 1. The smallest absolute Gasteiger partial charge is 0.264 e. The van der Waals surface area contributed by atoms with Crippen LogP contribution in [0.25, 0.3) is 0 Å². The van der Waals surface area contributed by atoms with Crippen LogP contribution >= 0.6 is 15.9 Å². The number of amides is 1. The summed E-state index contributed by atoms with van der Waals surface area (Å²) < 4.78 is 44.9. The van der Waals surface area contributed by atoms with Crippen molar-refractivity contribution in [1.29, 1.82) is 0 Å². The molecule has 0 heterocycles. The predicted octanol–water partition coefficient (Wildman–Crippen LogP) is 4.13. The zero-order valence-electron chi connectivity index (χ0n) is 20.2. The SMILES string of the molecule is COc1ccc(N(CC(=O)N/N=C\c2cc(Br)ccc2OC)S(=O)(=O)c2ccc(C)cc2)c(OC)c1. The number of halogens is 1. The van der Waals surface area contributed by atoms with Crippen LogP contribution in [0.15, 0.2) is 75.1 Å². The second-order valence-electron chi connectivity index (χ2n) is 7.54. The van der Waals surface area contributed by atoms with Crippen molar-refractivity contribution in [3.8, 4) is 17.2 Å². The maximum Gasteiger partial charge on any atom is 0.264 e. The third kappa shape index (κ3) is 6.35. The highest BCUT2D eigenvalue weighted by Crippen LogP contribution is 2.35. The van der Waals surface area contributed by atoms with Crippen molar-refractivity contribution in [2.24, 2.45) is 5.10 Å². The molecule has 0 unspecified atom stereocenters. The minimum atomic E-state index is -4.14. The lowest BCUT2D eigenvalue weighted by Gasteiger charge is -2.25. The van der Waals surface area contributed by atoms with Gasteiger partial charge < -0.3 is 14.2 Å². The fraction of sp³-hybridized carbons (Fsp3) is 0.200. The van der Waals surface area contributed by atoms with E-state index in [0.717, 1.165) is 14.3 Å². The summed E-state index contributed by atoms with van der Waals surface area (Å²) >= 11 is 3.38. The van der Waals surface area contributed by atoms with Gasteiger partial charge in [0.2, 0.25) is 0 Å². The van der Waals surface area contributed by atoms with Gasteiger partial charge in [0.1, 0.15) is 23.8 Å². The number of methoxy groups -OCH3 is 3. The van der Waals surface area contributed by atoms with E-state index < -0.39 is 22.5 Å². The van der Waals surface area contributed by atoms with Crippen LogP contribution in [0, 0.1) is 6.92 Å². The fourth-order valence-corrected chi connectivity index (χ4v) is 5.08. The monoisotopic (exact) mass is 575 g/mol. The molecule has 0 aliphatic rings. The number of hydrazone groups is 1. The molecule has 3 aromatic rings. The highest BCUT2D eigenvalue weighted by atomic mass is 79.9. The minimum absolute atomic E-state index is 0.0288. The molecule has 9 nitrogen and oxygen atoms in total. The molecule has 0 fully saturated rings. The summed E-state index contributed by atoms with van der Waals surface area (Å²) in [6.07, 6.45) is 1.41. The lowest BCUT2D eigenvalue weighted by atomic mass is 10.2. The van der Waals surface area contributed by atoms with Crippen molar-refractivity contribution in [1.82, 2.24) is 5.43 Å². The van der Waals surface area contributed by atoms with Gasteiger partial charge in [-0.25, -0.2) is 13.8 Å². The van der Waals surface area contributed by atoms with Crippen molar-refractivity contribution in [3.05, 3.63) is 76.3 Å². The van der Waals surface area contributed by atoms with Gasteiger partial charge in [-0.3, -0.25) is 9.10 Å². The molecule has 11 heteroatoms. The number of hydrogen-bond acceptors (Lipinski definition) is 7. The van der Waals surface area contributed by atoms with E-state index in [0.29, 0.717) is 17.1 Å². The van der Waals surface area contributed by atoms with Crippen molar-refractivity contribution in [2.45, 2.75) is 11.8 Å². The van der Waals surface area contributed by atoms with Crippen LogP contribution in [0.4, 0.5) is 5.69 Å². The van der Waals surface area contributed by atoms with Gasteiger partial charge in [0.05, 0.1) is 38.1 Å². The van der Waals surface area contributed by atoms with Crippen LogP contribution < -0.4 is 23.9 Å². The van der Waals surface area contributed by atoms with Gasteiger partial charge in [0, 0.05) is 16.1 Å². The summed E-state index contributed by atoms with van der Waals surface area (Å²) in [5.74, 6) is 0.594. The van der Waals surface area contributed by atoms with Gasteiger partial charge in [-0.1, -0.05) is 33.6 Å². The predicted molar refractivity (Wildman–Crippen MR) is 142 cm³/mol. The molecule has 0 saturated carbocycles. The number of hydrogen-bond donors (Lipinski definition) is 1.